The molecular weight excluding hydrogens is 492 g/mol. The smallest absolute Gasteiger partial charge is 0.356 e. The number of amides is 1. The van der Waals surface area contributed by atoms with Crippen molar-refractivity contribution in [2.45, 2.75) is 38.8 Å². The number of ether oxygens (including phenoxy) is 1. The van der Waals surface area contributed by atoms with Crippen LogP contribution in [0.4, 0.5) is 20.2 Å². The van der Waals surface area contributed by atoms with Crippen molar-refractivity contribution in [1.29, 1.82) is 0 Å². The number of aromatic nitrogens is 3. The first kappa shape index (κ1) is 25.3. The molecule has 1 amide bonds. The van der Waals surface area contributed by atoms with Crippen molar-refractivity contribution in [1.82, 2.24) is 14.5 Å². The van der Waals surface area contributed by atoms with Gasteiger partial charge in [-0.2, -0.15) is 0 Å². The number of hydrogen-bond donors (Lipinski definition) is 2. The van der Waals surface area contributed by atoms with Gasteiger partial charge in [0.05, 0.1) is 24.7 Å². The molecule has 0 unspecified atom stereocenters. The first-order valence-corrected chi connectivity index (χ1v) is 12.4. The Morgan fingerprint density at radius 3 is 2.66 bits per heavy atom. The van der Waals surface area contributed by atoms with Gasteiger partial charge in [-0.15, -0.1) is 0 Å². The van der Waals surface area contributed by atoms with Gasteiger partial charge in [-0.3, -0.25) is 9.78 Å². The number of methoxy groups -OCH3 is 1. The van der Waals surface area contributed by atoms with Crippen LogP contribution in [0.5, 0.6) is 0 Å². The van der Waals surface area contributed by atoms with Crippen LogP contribution in [0, 0.1) is 17.6 Å². The number of hydrogen-bond acceptors (Lipinski definition) is 6. The normalized spacial score (nSPS) is 13.2. The summed E-state index contributed by atoms with van der Waals surface area (Å²) in [4.78, 5) is 34.9. The molecule has 0 bridgehead atoms. The predicted molar refractivity (Wildman–Crippen MR) is 139 cm³/mol. The second kappa shape index (κ2) is 11.0. The zero-order valence-electron chi connectivity index (χ0n) is 20.8. The summed E-state index contributed by atoms with van der Waals surface area (Å²) in [6.45, 7) is 0.463. The van der Waals surface area contributed by atoms with E-state index in [2.05, 4.69) is 20.6 Å². The molecule has 196 valence electrons. The third-order valence-corrected chi connectivity index (χ3v) is 6.82. The molecule has 0 spiro atoms. The number of fused-ring (bicyclic) bond motifs is 1. The van der Waals surface area contributed by atoms with Crippen LogP contribution in [-0.2, 0) is 29.0 Å². The van der Waals surface area contributed by atoms with Gasteiger partial charge in [0.15, 0.2) is 5.69 Å². The van der Waals surface area contributed by atoms with Crippen LogP contribution in [0.2, 0.25) is 0 Å². The number of nitrogens with zero attached hydrogens (tertiary/aromatic N) is 3. The molecular formula is C28H27F2N5O3. The highest BCUT2D eigenvalue weighted by molar-refractivity contribution is 6.11. The summed E-state index contributed by atoms with van der Waals surface area (Å²) in [6.07, 6.45) is 6.38. The lowest BCUT2D eigenvalue weighted by Crippen LogP contribution is -2.29. The third-order valence-electron chi connectivity index (χ3n) is 6.82. The summed E-state index contributed by atoms with van der Waals surface area (Å²) >= 11 is 0. The van der Waals surface area contributed by atoms with Gasteiger partial charge >= 0.3 is 5.97 Å². The molecule has 0 radical (unpaired) electrons. The number of halogens is 2. The molecule has 1 fully saturated rings. The van der Waals surface area contributed by atoms with Crippen molar-refractivity contribution < 1.29 is 23.1 Å². The Labute approximate surface area is 218 Å². The molecule has 0 saturated heterocycles. The summed E-state index contributed by atoms with van der Waals surface area (Å²) < 4.78 is 34.2. The van der Waals surface area contributed by atoms with E-state index in [1.165, 1.54) is 19.2 Å². The SMILES string of the molecule is COC(=O)c1c(NC(=O)C2CCC2)c2cc(NCc3ccc(F)cc3F)cnc2n1CCc1ccccn1. The van der Waals surface area contributed by atoms with E-state index in [-0.39, 0.29) is 29.6 Å². The average molecular weight is 520 g/mol. The number of nitrogens with one attached hydrogen (secondary N) is 2. The maximum Gasteiger partial charge on any atom is 0.356 e. The number of carbonyl (C=O) groups is 2. The summed E-state index contributed by atoms with van der Waals surface area (Å²) in [5, 5.41) is 6.60. The monoisotopic (exact) mass is 519 g/mol. The van der Waals surface area contributed by atoms with Crippen LogP contribution >= 0.6 is 0 Å². The number of anilines is 2. The van der Waals surface area contributed by atoms with Crippen molar-refractivity contribution in [3.05, 3.63) is 83.4 Å². The molecule has 1 saturated carbocycles. The minimum atomic E-state index is -0.659. The van der Waals surface area contributed by atoms with Crippen molar-refractivity contribution in [3.63, 3.8) is 0 Å². The molecule has 5 rings (SSSR count). The molecule has 2 N–H and O–H groups in total. The largest absolute Gasteiger partial charge is 0.464 e. The van der Waals surface area contributed by atoms with Crippen LogP contribution in [0.15, 0.2) is 54.9 Å². The second-order valence-electron chi connectivity index (χ2n) is 9.24. The van der Waals surface area contributed by atoms with Crippen molar-refractivity contribution in [2.75, 3.05) is 17.7 Å². The fourth-order valence-corrected chi connectivity index (χ4v) is 4.51. The maximum absolute atomic E-state index is 14.1. The molecule has 10 heteroatoms. The summed E-state index contributed by atoms with van der Waals surface area (Å²) in [7, 11) is 1.29. The van der Waals surface area contributed by atoms with Gasteiger partial charge in [-0.1, -0.05) is 18.6 Å². The highest BCUT2D eigenvalue weighted by atomic mass is 19.1. The lowest BCUT2D eigenvalue weighted by molar-refractivity contribution is -0.122. The van der Waals surface area contributed by atoms with Gasteiger partial charge in [-0.05, 0) is 37.1 Å². The average Bonchev–Trinajstić information content (AvgIpc) is 3.18. The minimum Gasteiger partial charge on any atom is -0.464 e. The van der Waals surface area contributed by atoms with Crippen molar-refractivity contribution in [3.8, 4) is 0 Å². The molecule has 1 aliphatic rings. The summed E-state index contributed by atoms with van der Waals surface area (Å²) in [5.41, 5.74) is 2.68. The van der Waals surface area contributed by atoms with E-state index in [0.29, 0.717) is 35.4 Å². The van der Waals surface area contributed by atoms with Gasteiger partial charge < -0.3 is 19.9 Å². The van der Waals surface area contributed by atoms with Crippen LogP contribution < -0.4 is 10.6 Å². The molecule has 4 aromatic rings. The fourth-order valence-electron chi connectivity index (χ4n) is 4.51. The maximum atomic E-state index is 14.1. The lowest BCUT2D eigenvalue weighted by atomic mass is 9.85. The zero-order valence-corrected chi connectivity index (χ0v) is 20.8. The van der Waals surface area contributed by atoms with Gasteiger partial charge in [0.2, 0.25) is 5.91 Å². The topological polar surface area (TPSA) is 98.1 Å². The van der Waals surface area contributed by atoms with Crippen LogP contribution in [0.1, 0.15) is 41.0 Å². The Hall–Kier alpha value is -4.34. The molecule has 0 atom stereocenters. The predicted octanol–water partition coefficient (Wildman–Crippen LogP) is 5.09. The van der Waals surface area contributed by atoms with Gasteiger partial charge in [0.1, 0.15) is 17.3 Å². The fraction of sp³-hybridized carbons (Fsp3) is 0.286. The first-order chi connectivity index (χ1) is 18.4. The molecule has 38 heavy (non-hydrogen) atoms. The summed E-state index contributed by atoms with van der Waals surface area (Å²) in [6, 6.07) is 10.8. The van der Waals surface area contributed by atoms with Crippen molar-refractivity contribution in [2.24, 2.45) is 5.92 Å². The Balaban J connectivity index is 1.53. The molecule has 8 nitrogen and oxygen atoms in total. The van der Waals surface area contributed by atoms with E-state index in [4.69, 9.17) is 4.74 Å². The quantitative estimate of drug-likeness (QED) is 0.299. The van der Waals surface area contributed by atoms with Gasteiger partial charge in [0, 0.05) is 54.3 Å². The lowest BCUT2D eigenvalue weighted by Gasteiger charge is -2.24. The van der Waals surface area contributed by atoms with Gasteiger partial charge in [0.25, 0.3) is 0 Å². The van der Waals surface area contributed by atoms with Crippen molar-refractivity contribution >= 4 is 34.3 Å². The number of aryl methyl sites for hydroxylation is 2. The molecule has 1 aromatic carbocycles. The molecule has 3 aromatic heterocycles. The number of carbonyl (C=O) groups excluding carboxylic acids is 2. The Bertz CT molecular complexity index is 1490. The van der Waals surface area contributed by atoms with Crippen LogP contribution in [-0.4, -0.2) is 33.5 Å². The van der Waals surface area contributed by atoms with E-state index < -0.39 is 17.6 Å². The van der Waals surface area contributed by atoms with E-state index in [0.717, 1.165) is 31.0 Å². The second-order valence-corrected chi connectivity index (χ2v) is 9.24. The van der Waals surface area contributed by atoms with E-state index in [1.54, 1.807) is 23.0 Å². The molecule has 0 aliphatic heterocycles. The van der Waals surface area contributed by atoms with E-state index in [9.17, 15) is 18.4 Å². The number of benzene rings is 1. The molecule has 3 heterocycles. The zero-order chi connectivity index (χ0) is 26.6. The number of pyridine rings is 2. The highest BCUT2D eigenvalue weighted by Crippen LogP contribution is 2.35. The third kappa shape index (κ3) is 5.20. The Kier molecular flexibility index (Phi) is 7.30. The van der Waals surface area contributed by atoms with Gasteiger partial charge in [-0.25, -0.2) is 18.6 Å². The standard InChI is InChI=1S/C28H27F2N5O3/c1-38-28(37)25-24(34-27(36)17-5-4-6-17)22-14-21(32-15-18-8-9-19(29)13-23(18)30)16-33-26(22)35(25)12-10-20-7-2-3-11-31-20/h2-3,7-9,11,13-14,16-17,32H,4-6,10,12,15H2,1H3,(H,34,36). The highest BCUT2D eigenvalue weighted by Gasteiger charge is 2.30. The number of rotatable bonds is 9. The Morgan fingerprint density at radius 1 is 1.13 bits per heavy atom. The Morgan fingerprint density at radius 2 is 1.97 bits per heavy atom. The molecule has 1 aliphatic carbocycles. The van der Waals surface area contributed by atoms with E-state index >= 15 is 0 Å². The summed E-state index contributed by atoms with van der Waals surface area (Å²) in [5.74, 6) is -2.17. The van der Waals surface area contributed by atoms with Crippen LogP contribution in [0.3, 0.4) is 0 Å². The van der Waals surface area contributed by atoms with Crippen LogP contribution in [0.25, 0.3) is 11.0 Å². The minimum absolute atomic E-state index is 0.0906. The first-order valence-electron chi connectivity index (χ1n) is 12.4. The van der Waals surface area contributed by atoms with E-state index in [1.807, 2.05) is 18.2 Å². The number of esters is 1.